The van der Waals surface area contributed by atoms with Gasteiger partial charge in [0, 0.05) is 30.2 Å². The van der Waals surface area contributed by atoms with Gasteiger partial charge in [-0.15, -0.1) is 0 Å². The van der Waals surface area contributed by atoms with Crippen LogP contribution < -0.4 is 18.9 Å². The smallest absolute Gasteiger partial charge is 0.302 e. The van der Waals surface area contributed by atoms with Crippen LogP contribution in [0.1, 0.15) is 62.6 Å². The van der Waals surface area contributed by atoms with E-state index in [1.807, 2.05) is 26.0 Å². The Morgan fingerprint density at radius 3 is 2.44 bits per heavy atom. The van der Waals surface area contributed by atoms with Crippen LogP contribution in [-0.4, -0.2) is 56.2 Å². The molecule has 1 fully saturated rings. The van der Waals surface area contributed by atoms with E-state index in [0.29, 0.717) is 36.3 Å². The summed E-state index contributed by atoms with van der Waals surface area (Å²) in [5, 5.41) is 0. The molecule has 0 saturated heterocycles. The summed E-state index contributed by atoms with van der Waals surface area (Å²) in [7, 11) is 3.20. The van der Waals surface area contributed by atoms with Crippen molar-refractivity contribution in [1.82, 2.24) is 4.98 Å². The average molecular weight is 469 g/mol. The zero-order chi connectivity index (χ0) is 24.2. The maximum atomic E-state index is 11.6. The molecule has 2 aliphatic rings. The number of aliphatic imine (C=N–C) groups is 1. The Hall–Kier alpha value is -3.29. The van der Waals surface area contributed by atoms with Gasteiger partial charge in [-0.1, -0.05) is 0 Å². The number of rotatable bonds is 8. The first-order valence-corrected chi connectivity index (χ1v) is 11.8. The third kappa shape index (κ3) is 4.67. The van der Waals surface area contributed by atoms with Crippen LogP contribution in [-0.2, 0) is 9.53 Å². The molecule has 0 amide bonds. The predicted molar refractivity (Wildman–Crippen MR) is 128 cm³/mol. The van der Waals surface area contributed by atoms with E-state index in [1.165, 1.54) is 6.92 Å². The first-order valence-electron chi connectivity index (χ1n) is 11.8. The third-order valence-corrected chi connectivity index (χ3v) is 6.27. The van der Waals surface area contributed by atoms with Crippen LogP contribution in [0.2, 0.25) is 0 Å². The van der Waals surface area contributed by atoms with E-state index < -0.39 is 0 Å². The maximum Gasteiger partial charge on any atom is 0.302 e. The number of carbonyl (C=O) groups excluding carboxylic acids is 1. The van der Waals surface area contributed by atoms with Gasteiger partial charge < -0.3 is 23.7 Å². The second-order valence-corrected chi connectivity index (χ2v) is 8.38. The Labute approximate surface area is 200 Å². The molecule has 4 rings (SSSR count). The van der Waals surface area contributed by atoms with Crippen LogP contribution in [0.3, 0.4) is 0 Å². The monoisotopic (exact) mass is 468 g/mol. The van der Waals surface area contributed by atoms with E-state index in [4.69, 9.17) is 28.7 Å². The van der Waals surface area contributed by atoms with E-state index in [-0.39, 0.29) is 24.0 Å². The minimum absolute atomic E-state index is 0.0647. The lowest BCUT2D eigenvalue weighted by atomic mass is 9.74. The number of benzene rings is 1. The van der Waals surface area contributed by atoms with E-state index in [1.54, 1.807) is 20.4 Å². The summed E-state index contributed by atoms with van der Waals surface area (Å²) in [5.74, 6) is 2.21. The summed E-state index contributed by atoms with van der Waals surface area (Å²) in [6, 6.07) is 6.02. The molecule has 0 N–H and O–H groups in total. The molecule has 3 atom stereocenters. The van der Waals surface area contributed by atoms with Crippen molar-refractivity contribution < 1.29 is 28.5 Å². The molecule has 2 heterocycles. The van der Waals surface area contributed by atoms with E-state index in [2.05, 4.69) is 11.1 Å². The van der Waals surface area contributed by atoms with Crippen LogP contribution in [0.5, 0.6) is 23.1 Å². The summed E-state index contributed by atoms with van der Waals surface area (Å²) in [5.41, 5.74) is 3.75. The molecule has 182 valence electrons. The number of hydrogen-bond acceptors (Lipinski definition) is 8. The summed E-state index contributed by atoms with van der Waals surface area (Å²) >= 11 is 0. The van der Waals surface area contributed by atoms with Crippen LogP contribution >= 0.6 is 0 Å². The molecular weight excluding hydrogens is 436 g/mol. The molecular formula is C26H32N2O6. The molecule has 34 heavy (non-hydrogen) atoms. The summed E-state index contributed by atoms with van der Waals surface area (Å²) in [6.45, 7) is 6.36. The number of methoxy groups -OCH3 is 2. The molecule has 0 radical (unpaired) electrons. The van der Waals surface area contributed by atoms with Gasteiger partial charge in [-0.25, -0.2) is 4.98 Å². The fraction of sp³-hybridized carbons (Fsp3) is 0.500. The second kappa shape index (κ2) is 10.3. The van der Waals surface area contributed by atoms with Crippen molar-refractivity contribution in [3.05, 3.63) is 41.1 Å². The minimum Gasteiger partial charge on any atom is -0.493 e. The van der Waals surface area contributed by atoms with Crippen molar-refractivity contribution in [3.8, 4) is 23.1 Å². The highest BCUT2D eigenvalue weighted by Crippen LogP contribution is 2.45. The van der Waals surface area contributed by atoms with Crippen LogP contribution in [0, 0.1) is 0 Å². The van der Waals surface area contributed by atoms with Gasteiger partial charge in [0.1, 0.15) is 6.10 Å². The van der Waals surface area contributed by atoms with Gasteiger partial charge in [0.25, 0.3) is 5.88 Å². The highest BCUT2D eigenvalue weighted by atomic mass is 16.5. The topological polar surface area (TPSA) is 88.5 Å². The van der Waals surface area contributed by atoms with Crippen molar-refractivity contribution >= 4 is 11.7 Å². The first-order chi connectivity index (χ1) is 16.5. The number of carbonyl (C=O) groups is 1. The number of aromatic nitrogens is 1. The van der Waals surface area contributed by atoms with Gasteiger partial charge in [0.05, 0.1) is 39.2 Å². The van der Waals surface area contributed by atoms with E-state index >= 15 is 0 Å². The van der Waals surface area contributed by atoms with Crippen molar-refractivity contribution in [1.29, 1.82) is 0 Å². The Morgan fingerprint density at radius 1 is 1.00 bits per heavy atom. The molecule has 1 aliphatic heterocycles. The normalized spacial score (nSPS) is 21.0. The van der Waals surface area contributed by atoms with Gasteiger partial charge in [0.2, 0.25) is 0 Å². The number of hydrogen-bond donors (Lipinski definition) is 0. The van der Waals surface area contributed by atoms with Gasteiger partial charge in [0.15, 0.2) is 17.2 Å². The molecule has 8 nitrogen and oxygen atoms in total. The number of ether oxygens (including phenoxy) is 5. The van der Waals surface area contributed by atoms with Crippen LogP contribution in [0.4, 0.5) is 0 Å². The van der Waals surface area contributed by atoms with Crippen molar-refractivity contribution in [3.63, 3.8) is 0 Å². The Morgan fingerprint density at radius 2 is 1.76 bits per heavy atom. The minimum atomic E-state index is -0.249. The van der Waals surface area contributed by atoms with Gasteiger partial charge in [-0.3, -0.25) is 9.79 Å². The van der Waals surface area contributed by atoms with Gasteiger partial charge in [-0.2, -0.15) is 0 Å². The molecule has 1 saturated carbocycles. The summed E-state index contributed by atoms with van der Waals surface area (Å²) < 4.78 is 28.2. The molecule has 0 bridgehead atoms. The fourth-order valence-corrected chi connectivity index (χ4v) is 4.90. The maximum absolute atomic E-state index is 11.6. The lowest BCUT2D eigenvalue weighted by Gasteiger charge is -2.38. The summed E-state index contributed by atoms with van der Waals surface area (Å²) in [6.07, 6.45) is 3.97. The van der Waals surface area contributed by atoms with Gasteiger partial charge in [-0.05, 0) is 56.9 Å². The van der Waals surface area contributed by atoms with Crippen LogP contribution in [0.25, 0.3) is 0 Å². The molecule has 0 unspecified atom stereocenters. The number of esters is 1. The highest BCUT2D eigenvalue weighted by molar-refractivity contribution is 6.15. The number of nitrogens with zero attached hydrogens (tertiary/aromatic N) is 2. The molecule has 0 spiro atoms. The molecule has 2 aromatic rings. The molecule has 1 aromatic heterocycles. The summed E-state index contributed by atoms with van der Waals surface area (Å²) in [4.78, 5) is 21.2. The average Bonchev–Trinajstić information content (AvgIpc) is 2.83. The largest absolute Gasteiger partial charge is 0.493 e. The van der Waals surface area contributed by atoms with Crippen molar-refractivity contribution in [2.45, 2.75) is 58.1 Å². The predicted octanol–water partition coefficient (Wildman–Crippen LogP) is 4.32. The molecule has 1 aromatic carbocycles. The fourth-order valence-electron chi connectivity index (χ4n) is 4.90. The first kappa shape index (κ1) is 23.9. The number of fused-ring (bicyclic) bond motifs is 3. The second-order valence-electron chi connectivity index (χ2n) is 8.38. The Kier molecular flexibility index (Phi) is 7.24. The number of pyridine rings is 1. The lowest BCUT2D eigenvalue weighted by Crippen LogP contribution is -2.36. The highest BCUT2D eigenvalue weighted by Gasteiger charge is 2.39. The van der Waals surface area contributed by atoms with Gasteiger partial charge >= 0.3 is 5.97 Å². The van der Waals surface area contributed by atoms with Crippen molar-refractivity contribution in [2.24, 2.45) is 4.99 Å². The van der Waals surface area contributed by atoms with Crippen molar-refractivity contribution in [2.75, 3.05) is 27.4 Å². The zero-order valence-corrected chi connectivity index (χ0v) is 20.4. The SMILES string of the molecule is CCOc1cc2c(cc1OC)C(c1cnc(OC)c(OCC)c1)=N[C@@H]1CC[C@@H](OC(C)=O)C[C@H]21. The Balaban J connectivity index is 1.83. The van der Waals surface area contributed by atoms with E-state index in [9.17, 15) is 4.79 Å². The standard InChI is InChI=1S/C26H32N2O6/c1-6-32-23-12-18-19-11-17(34-15(3)29)8-9-21(19)28-25(20(18)13-22(23)30-4)16-10-24(33-7-2)26(31-5)27-14-16/h10,12-14,17,19,21H,6-9,11H2,1-5H3/t17-,19-,21-/m1/s1. The van der Waals surface area contributed by atoms with E-state index in [0.717, 1.165) is 41.7 Å². The lowest BCUT2D eigenvalue weighted by molar-refractivity contribution is -0.148. The zero-order valence-electron chi connectivity index (χ0n) is 20.4. The third-order valence-electron chi connectivity index (χ3n) is 6.27. The van der Waals surface area contributed by atoms with Crippen LogP contribution in [0.15, 0.2) is 29.4 Å². The Bertz CT molecular complexity index is 1080. The molecule has 1 aliphatic carbocycles. The molecule has 8 heteroatoms. The quantitative estimate of drug-likeness (QED) is 0.533.